The van der Waals surface area contributed by atoms with Crippen molar-refractivity contribution in [3.8, 4) is 50.4 Å². The number of rotatable bonds is 6. The van der Waals surface area contributed by atoms with Gasteiger partial charge in [0.25, 0.3) is 0 Å². The van der Waals surface area contributed by atoms with Crippen molar-refractivity contribution < 1.29 is 13.3 Å². The Bertz CT molecular complexity index is 6520. The van der Waals surface area contributed by atoms with Crippen molar-refractivity contribution in [2.24, 2.45) is 0 Å². The van der Waals surface area contributed by atoms with Crippen LogP contribution < -0.4 is 0 Å². The Morgan fingerprint density at radius 2 is 0.406 bits per heavy atom. The molecule has 0 aliphatic rings. The van der Waals surface area contributed by atoms with Crippen LogP contribution in [0, 0.1) is 0 Å². The van der Waals surface area contributed by atoms with E-state index in [0.717, 1.165) is 65.8 Å². The van der Waals surface area contributed by atoms with E-state index in [0.29, 0.717) is 0 Å². The van der Waals surface area contributed by atoms with Gasteiger partial charge in [-0.05, 0) is 167 Å². The summed E-state index contributed by atoms with van der Waals surface area (Å²) in [5, 5.41) is 14.6. The average molecular weight is 1230 g/mol. The normalized spacial score (nSPS) is 11.8. The maximum absolute atomic E-state index is 6.03. The minimum atomic E-state index is 0.925. The highest BCUT2D eigenvalue weighted by molar-refractivity contribution is 6.14. The summed E-state index contributed by atoms with van der Waals surface area (Å²) in [6.45, 7) is 0. The van der Waals surface area contributed by atoms with Crippen LogP contribution in [0.25, 0.3) is 182 Å². The highest BCUT2D eigenvalue weighted by Gasteiger charge is 2.18. The molecule has 0 amide bonds. The van der Waals surface area contributed by atoms with E-state index in [1.54, 1.807) is 0 Å². The first-order valence-electron chi connectivity index (χ1n) is 32.6. The first-order valence-corrected chi connectivity index (χ1v) is 32.6. The smallest absolute Gasteiger partial charge is 0.135 e. The van der Waals surface area contributed by atoms with Crippen LogP contribution in [-0.4, -0.2) is 13.7 Å². The van der Waals surface area contributed by atoms with E-state index in [-0.39, 0.29) is 0 Å². The molecule has 0 radical (unpaired) electrons. The third-order valence-electron chi connectivity index (χ3n) is 19.2. The van der Waals surface area contributed by atoms with Gasteiger partial charge in [-0.1, -0.05) is 212 Å². The van der Waals surface area contributed by atoms with E-state index in [1.807, 2.05) is 36.4 Å². The Hall–Kier alpha value is -12.9. The lowest BCUT2D eigenvalue weighted by molar-refractivity contribution is 0.668. The van der Waals surface area contributed by atoms with E-state index in [1.165, 1.54) is 116 Å². The van der Waals surface area contributed by atoms with Crippen molar-refractivity contribution in [1.82, 2.24) is 13.7 Å². The molecule has 0 spiro atoms. The van der Waals surface area contributed by atoms with E-state index in [9.17, 15) is 0 Å². The van der Waals surface area contributed by atoms with Crippen LogP contribution in [-0.2, 0) is 0 Å². The Balaban J connectivity index is 0.000000102. The Kier molecular flexibility index (Phi) is 12.8. The van der Waals surface area contributed by atoms with Gasteiger partial charge in [-0.2, -0.15) is 0 Å². The lowest BCUT2D eigenvalue weighted by Crippen LogP contribution is -1.93. The molecule has 0 aliphatic heterocycles. The van der Waals surface area contributed by atoms with Gasteiger partial charge in [-0.25, -0.2) is 0 Å². The van der Waals surface area contributed by atoms with Crippen molar-refractivity contribution in [1.29, 1.82) is 0 Å². The lowest BCUT2D eigenvalue weighted by Gasteiger charge is -2.09. The molecule has 6 heterocycles. The van der Waals surface area contributed by atoms with Crippen molar-refractivity contribution in [3.05, 3.63) is 346 Å². The number of hydrogen-bond acceptors (Lipinski definition) is 3. The molecule has 21 rings (SSSR count). The van der Waals surface area contributed by atoms with Gasteiger partial charge < -0.3 is 27.0 Å². The molecule has 15 aromatic carbocycles. The Morgan fingerprint density at radius 3 is 0.833 bits per heavy atom. The number of fused-ring (bicyclic) bond motifs is 18. The molecular formula is C90H57N3O3. The highest BCUT2D eigenvalue weighted by atomic mass is 16.3. The summed E-state index contributed by atoms with van der Waals surface area (Å²) in [4.78, 5) is 0. The van der Waals surface area contributed by atoms with Gasteiger partial charge in [0, 0.05) is 81.7 Å². The summed E-state index contributed by atoms with van der Waals surface area (Å²) in [6, 6.07) is 122. The second-order valence-corrected chi connectivity index (χ2v) is 24.7. The standard InChI is InChI=1S/3C30H19NO/c1-4-10-27-23(7-1)24-8-2-5-11-28(24)31(27)22-16-13-20(14-17-22)21-15-18-30-26(19-21)25-9-3-6-12-29(25)32-30;1-2-8-22(9-3-1)31-27-12-6-4-10-23(27)24-16-14-21(19-28(24)31)20-15-17-30-26(18-20)25-11-5-7-13-29(25)32-30;1-2-8-22(9-3-1)31-27-12-6-4-10-23(27)25-18-20(14-16-28(25)31)21-15-17-30-26(19-21)24-11-5-7-13-29(24)32-30/h3*1-19H. The van der Waals surface area contributed by atoms with E-state index < -0.39 is 0 Å². The van der Waals surface area contributed by atoms with Crippen LogP contribution in [0.3, 0.4) is 0 Å². The second-order valence-electron chi connectivity index (χ2n) is 24.7. The molecule has 21 aromatic rings. The largest absolute Gasteiger partial charge is 0.456 e. The number of aromatic nitrogens is 3. The first-order chi connectivity index (χ1) is 47.6. The second kappa shape index (κ2) is 22.4. The van der Waals surface area contributed by atoms with Gasteiger partial charge >= 0.3 is 0 Å². The maximum atomic E-state index is 6.03. The molecule has 0 bridgehead atoms. The Labute approximate surface area is 551 Å². The maximum Gasteiger partial charge on any atom is 0.135 e. The number of para-hydroxylation sites is 9. The van der Waals surface area contributed by atoms with Gasteiger partial charge in [-0.15, -0.1) is 0 Å². The van der Waals surface area contributed by atoms with Crippen LogP contribution in [0.2, 0.25) is 0 Å². The van der Waals surface area contributed by atoms with Gasteiger partial charge in [0.1, 0.15) is 33.5 Å². The third kappa shape index (κ3) is 9.10. The van der Waals surface area contributed by atoms with Crippen molar-refractivity contribution in [2.45, 2.75) is 0 Å². The summed E-state index contributed by atoms with van der Waals surface area (Å²) in [7, 11) is 0. The zero-order chi connectivity index (χ0) is 63.2. The fraction of sp³-hybridized carbons (Fsp3) is 0. The lowest BCUT2D eigenvalue weighted by atomic mass is 10.0. The zero-order valence-electron chi connectivity index (χ0n) is 52.0. The van der Waals surface area contributed by atoms with Crippen LogP contribution in [0.1, 0.15) is 0 Å². The number of nitrogens with zero attached hydrogens (tertiary/aromatic N) is 3. The highest BCUT2D eigenvalue weighted by Crippen LogP contribution is 2.41. The molecule has 6 heteroatoms. The van der Waals surface area contributed by atoms with Gasteiger partial charge in [-0.3, -0.25) is 0 Å². The molecule has 0 aliphatic carbocycles. The molecule has 0 unspecified atom stereocenters. The molecule has 96 heavy (non-hydrogen) atoms. The molecule has 6 aromatic heterocycles. The molecule has 0 N–H and O–H groups in total. The average Bonchev–Trinajstić information content (AvgIpc) is 1.62. The summed E-state index contributed by atoms with van der Waals surface area (Å²) >= 11 is 0. The van der Waals surface area contributed by atoms with Crippen molar-refractivity contribution in [3.63, 3.8) is 0 Å². The predicted octanol–water partition coefficient (Wildman–Crippen LogP) is 25.1. The molecule has 0 fully saturated rings. The molecule has 0 saturated carbocycles. The quantitative estimate of drug-likeness (QED) is 0.167. The summed E-state index contributed by atoms with van der Waals surface area (Å²) in [6.07, 6.45) is 0. The van der Waals surface area contributed by atoms with Crippen LogP contribution in [0.5, 0.6) is 0 Å². The molecular weight excluding hydrogens is 1170 g/mol. The fourth-order valence-electron chi connectivity index (χ4n) is 14.7. The number of hydrogen-bond donors (Lipinski definition) is 0. The van der Waals surface area contributed by atoms with E-state index in [2.05, 4.69) is 323 Å². The van der Waals surface area contributed by atoms with Crippen LogP contribution in [0.15, 0.2) is 359 Å². The van der Waals surface area contributed by atoms with Gasteiger partial charge in [0.2, 0.25) is 0 Å². The molecule has 0 atom stereocenters. The monoisotopic (exact) mass is 1230 g/mol. The van der Waals surface area contributed by atoms with Crippen molar-refractivity contribution >= 4 is 131 Å². The fourth-order valence-corrected chi connectivity index (χ4v) is 14.7. The predicted molar refractivity (Wildman–Crippen MR) is 400 cm³/mol. The number of furan rings is 3. The van der Waals surface area contributed by atoms with Gasteiger partial charge in [0.05, 0.1) is 33.1 Å². The third-order valence-corrected chi connectivity index (χ3v) is 19.2. The topological polar surface area (TPSA) is 54.2 Å². The van der Waals surface area contributed by atoms with Crippen LogP contribution >= 0.6 is 0 Å². The van der Waals surface area contributed by atoms with E-state index >= 15 is 0 Å². The molecule has 450 valence electrons. The molecule has 6 nitrogen and oxygen atoms in total. The zero-order valence-corrected chi connectivity index (χ0v) is 52.0. The summed E-state index contributed by atoms with van der Waals surface area (Å²) in [5.74, 6) is 0. The van der Waals surface area contributed by atoms with Crippen LogP contribution in [0.4, 0.5) is 0 Å². The van der Waals surface area contributed by atoms with E-state index in [4.69, 9.17) is 13.3 Å². The van der Waals surface area contributed by atoms with Gasteiger partial charge in [0.15, 0.2) is 0 Å². The molecule has 0 saturated heterocycles. The first kappa shape index (κ1) is 54.8. The summed E-state index contributed by atoms with van der Waals surface area (Å²) in [5.41, 5.74) is 23.6. The van der Waals surface area contributed by atoms with Crippen molar-refractivity contribution in [2.75, 3.05) is 0 Å². The summed E-state index contributed by atoms with van der Waals surface area (Å²) < 4.78 is 25.1. The number of benzene rings is 15. The Morgan fingerprint density at radius 1 is 0.146 bits per heavy atom. The minimum absolute atomic E-state index is 0.925. The minimum Gasteiger partial charge on any atom is -0.456 e. The SMILES string of the molecule is c1ccc(-n2c3ccccc3c3cc(-c4ccc5oc6ccccc6c5c4)ccc32)cc1.c1ccc(-n2c3ccccc3c3ccc(-c4ccc5oc6ccccc6c5c4)cc32)cc1.c1ccc2c(c1)oc1ccc(-c3ccc(-n4c5ccccc5c5ccccc54)cc3)cc12.